The Morgan fingerprint density at radius 3 is 3.06 bits per heavy atom. The standard InChI is InChI=1S/C14H20N2/c1-10(2)12-6-3-7-13-14(12)16-8-4-5-11(16)9-15-13/h3,6-7,10-11,15H,4-5,8-9H2,1-2H3. The summed E-state index contributed by atoms with van der Waals surface area (Å²) >= 11 is 0. The van der Waals surface area contributed by atoms with Crippen LogP contribution in [0, 0.1) is 0 Å². The molecule has 0 amide bonds. The lowest BCUT2D eigenvalue weighted by Gasteiger charge is -2.36. The van der Waals surface area contributed by atoms with Crippen LogP contribution in [0.1, 0.15) is 38.2 Å². The minimum absolute atomic E-state index is 0.607. The third-order valence-corrected chi connectivity index (χ3v) is 3.88. The van der Waals surface area contributed by atoms with Gasteiger partial charge in [-0.05, 0) is 30.4 Å². The van der Waals surface area contributed by atoms with Gasteiger partial charge in [-0.3, -0.25) is 0 Å². The van der Waals surface area contributed by atoms with Crippen molar-refractivity contribution < 1.29 is 0 Å². The molecular weight excluding hydrogens is 196 g/mol. The van der Waals surface area contributed by atoms with Crippen molar-refractivity contribution in [2.24, 2.45) is 0 Å². The van der Waals surface area contributed by atoms with Gasteiger partial charge in [-0.1, -0.05) is 26.0 Å². The van der Waals surface area contributed by atoms with E-state index in [0.29, 0.717) is 5.92 Å². The Kier molecular flexibility index (Phi) is 2.31. The maximum Gasteiger partial charge on any atom is 0.0640 e. The van der Waals surface area contributed by atoms with Gasteiger partial charge in [0.1, 0.15) is 0 Å². The average Bonchev–Trinajstić information content (AvgIpc) is 2.76. The lowest BCUT2D eigenvalue weighted by atomic mass is 9.97. The molecule has 1 fully saturated rings. The number of rotatable bonds is 1. The Labute approximate surface area is 97.6 Å². The Balaban J connectivity index is 2.11. The molecule has 1 unspecified atom stereocenters. The molecule has 0 saturated carbocycles. The molecule has 0 aromatic heterocycles. The topological polar surface area (TPSA) is 15.3 Å². The van der Waals surface area contributed by atoms with Gasteiger partial charge in [0.25, 0.3) is 0 Å². The first kappa shape index (κ1) is 10.0. The number of nitrogens with one attached hydrogen (secondary N) is 1. The highest BCUT2D eigenvalue weighted by Crippen LogP contribution is 2.41. The van der Waals surface area contributed by atoms with E-state index in [4.69, 9.17) is 0 Å². The van der Waals surface area contributed by atoms with Crippen LogP contribution < -0.4 is 10.2 Å². The van der Waals surface area contributed by atoms with Crippen molar-refractivity contribution >= 4 is 11.4 Å². The van der Waals surface area contributed by atoms with E-state index in [1.165, 1.54) is 36.3 Å². The fourth-order valence-electron chi connectivity index (χ4n) is 3.06. The summed E-state index contributed by atoms with van der Waals surface area (Å²) in [5.41, 5.74) is 4.31. The van der Waals surface area contributed by atoms with Crippen LogP contribution in [-0.2, 0) is 0 Å². The third-order valence-electron chi connectivity index (χ3n) is 3.88. The Morgan fingerprint density at radius 2 is 2.25 bits per heavy atom. The number of nitrogens with zero attached hydrogens (tertiary/aromatic N) is 1. The molecule has 2 nitrogen and oxygen atoms in total. The van der Waals surface area contributed by atoms with Crippen LogP contribution >= 0.6 is 0 Å². The van der Waals surface area contributed by atoms with Gasteiger partial charge in [0, 0.05) is 19.1 Å². The molecule has 1 aromatic carbocycles. The predicted molar refractivity (Wildman–Crippen MR) is 69.4 cm³/mol. The highest BCUT2D eigenvalue weighted by Gasteiger charge is 2.31. The molecule has 1 aromatic rings. The zero-order valence-corrected chi connectivity index (χ0v) is 10.2. The van der Waals surface area contributed by atoms with Crippen LogP contribution in [-0.4, -0.2) is 19.1 Å². The van der Waals surface area contributed by atoms with Crippen molar-refractivity contribution in [1.29, 1.82) is 0 Å². The van der Waals surface area contributed by atoms with E-state index in [1.54, 1.807) is 0 Å². The number of anilines is 2. The molecule has 1 N–H and O–H groups in total. The predicted octanol–water partition coefficient (Wildman–Crippen LogP) is 3.20. The first-order valence-corrected chi connectivity index (χ1v) is 6.41. The number of benzene rings is 1. The first-order valence-electron chi connectivity index (χ1n) is 6.41. The summed E-state index contributed by atoms with van der Waals surface area (Å²) < 4.78 is 0. The van der Waals surface area contributed by atoms with Crippen LogP contribution in [0.15, 0.2) is 18.2 Å². The van der Waals surface area contributed by atoms with Crippen molar-refractivity contribution in [3.8, 4) is 0 Å². The first-order chi connectivity index (χ1) is 7.77. The van der Waals surface area contributed by atoms with E-state index in [0.717, 1.165) is 12.6 Å². The summed E-state index contributed by atoms with van der Waals surface area (Å²) in [6, 6.07) is 7.41. The van der Waals surface area contributed by atoms with Gasteiger partial charge in [0.15, 0.2) is 0 Å². The summed E-state index contributed by atoms with van der Waals surface area (Å²) in [4.78, 5) is 2.63. The third kappa shape index (κ3) is 1.40. The van der Waals surface area contributed by atoms with Crippen LogP contribution in [0.2, 0.25) is 0 Å². The van der Waals surface area contributed by atoms with Gasteiger partial charge < -0.3 is 10.2 Å². The van der Waals surface area contributed by atoms with E-state index in [-0.39, 0.29) is 0 Å². The second-order valence-corrected chi connectivity index (χ2v) is 5.27. The number of para-hydroxylation sites is 1. The summed E-state index contributed by atoms with van der Waals surface area (Å²) in [6.45, 7) is 6.93. The lowest BCUT2D eigenvalue weighted by molar-refractivity contribution is 0.676. The van der Waals surface area contributed by atoms with E-state index in [2.05, 4.69) is 42.3 Å². The van der Waals surface area contributed by atoms with E-state index in [1.807, 2.05) is 0 Å². The molecule has 2 heteroatoms. The van der Waals surface area contributed by atoms with Gasteiger partial charge in [-0.25, -0.2) is 0 Å². The SMILES string of the molecule is CC(C)c1cccc2c1N1CCCC1CN2. The normalized spacial score (nSPS) is 22.9. The van der Waals surface area contributed by atoms with Gasteiger partial charge in [0.05, 0.1) is 11.4 Å². The lowest BCUT2D eigenvalue weighted by Crippen LogP contribution is -2.40. The highest BCUT2D eigenvalue weighted by molar-refractivity contribution is 5.77. The summed E-state index contributed by atoms with van der Waals surface area (Å²) in [7, 11) is 0. The molecule has 1 saturated heterocycles. The Morgan fingerprint density at radius 1 is 1.38 bits per heavy atom. The van der Waals surface area contributed by atoms with Crippen molar-refractivity contribution in [2.75, 3.05) is 23.3 Å². The van der Waals surface area contributed by atoms with Gasteiger partial charge >= 0.3 is 0 Å². The molecule has 2 aliphatic rings. The summed E-state index contributed by atoms with van der Waals surface area (Å²) in [5.74, 6) is 0.607. The van der Waals surface area contributed by atoms with Crippen LogP contribution in [0.3, 0.4) is 0 Å². The zero-order valence-electron chi connectivity index (χ0n) is 10.2. The van der Waals surface area contributed by atoms with Gasteiger partial charge in [-0.15, -0.1) is 0 Å². The fourth-order valence-corrected chi connectivity index (χ4v) is 3.06. The van der Waals surface area contributed by atoms with Crippen LogP contribution in [0.4, 0.5) is 11.4 Å². The fraction of sp³-hybridized carbons (Fsp3) is 0.571. The zero-order chi connectivity index (χ0) is 11.1. The number of hydrogen-bond donors (Lipinski definition) is 1. The van der Waals surface area contributed by atoms with Crippen LogP contribution in [0.5, 0.6) is 0 Å². The molecular formula is C14H20N2. The van der Waals surface area contributed by atoms with E-state index in [9.17, 15) is 0 Å². The van der Waals surface area contributed by atoms with Crippen molar-refractivity contribution in [1.82, 2.24) is 0 Å². The largest absolute Gasteiger partial charge is 0.381 e. The minimum atomic E-state index is 0.607. The number of hydrogen-bond acceptors (Lipinski definition) is 2. The molecule has 0 radical (unpaired) electrons. The maximum absolute atomic E-state index is 3.59. The molecule has 0 bridgehead atoms. The maximum atomic E-state index is 3.59. The molecule has 16 heavy (non-hydrogen) atoms. The molecule has 2 heterocycles. The highest BCUT2D eigenvalue weighted by atomic mass is 15.2. The Bertz CT molecular complexity index is 398. The quantitative estimate of drug-likeness (QED) is 0.775. The molecule has 86 valence electrons. The molecule has 0 spiro atoms. The molecule has 2 aliphatic heterocycles. The van der Waals surface area contributed by atoms with Crippen molar-refractivity contribution in [2.45, 2.75) is 38.6 Å². The molecule has 0 aliphatic carbocycles. The number of fused-ring (bicyclic) bond motifs is 3. The Hall–Kier alpha value is -1.18. The van der Waals surface area contributed by atoms with Crippen LogP contribution in [0.25, 0.3) is 0 Å². The van der Waals surface area contributed by atoms with E-state index >= 15 is 0 Å². The van der Waals surface area contributed by atoms with Gasteiger partial charge in [0.2, 0.25) is 0 Å². The summed E-state index contributed by atoms with van der Waals surface area (Å²) in [6.07, 6.45) is 2.69. The second kappa shape index (κ2) is 3.69. The minimum Gasteiger partial charge on any atom is -0.381 e. The second-order valence-electron chi connectivity index (χ2n) is 5.27. The molecule has 3 rings (SSSR count). The average molecular weight is 216 g/mol. The van der Waals surface area contributed by atoms with Gasteiger partial charge in [-0.2, -0.15) is 0 Å². The molecule has 1 atom stereocenters. The van der Waals surface area contributed by atoms with Crippen molar-refractivity contribution in [3.05, 3.63) is 23.8 Å². The smallest absolute Gasteiger partial charge is 0.0640 e. The summed E-state index contributed by atoms with van der Waals surface area (Å²) in [5, 5.41) is 3.59. The monoisotopic (exact) mass is 216 g/mol. The van der Waals surface area contributed by atoms with Crippen molar-refractivity contribution in [3.63, 3.8) is 0 Å². The van der Waals surface area contributed by atoms with E-state index < -0.39 is 0 Å².